The van der Waals surface area contributed by atoms with Crippen LogP contribution in [-0.4, -0.2) is 35.6 Å². The highest BCUT2D eigenvalue weighted by Crippen LogP contribution is 2.39. The normalized spacial score (nSPS) is 17.9. The smallest absolute Gasteiger partial charge is 0.249 e. The molecule has 29 heavy (non-hydrogen) atoms. The van der Waals surface area contributed by atoms with Crippen molar-refractivity contribution in [3.05, 3.63) is 54.1 Å². The van der Waals surface area contributed by atoms with Crippen molar-refractivity contribution in [3.8, 4) is 11.1 Å². The molecule has 2 aromatic rings. The molecule has 6 heteroatoms. The van der Waals surface area contributed by atoms with Crippen molar-refractivity contribution >= 4 is 17.5 Å². The number of nitrogens with one attached hydrogen (secondary N) is 2. The molecule has 0 aliphatic carbocycles. The highest BCUT2D eigenvalue weighted by atomic mass is 16.3. The van der Waals surface area contributed by atoms with Crippen LogP contribution >= 0.6 is 0 Å². The Morgan fingerprint density at radius 1 is 1.07 bits per heavy atom. The molecule has 1 aliphatic heterocycles. The Balaban J connectivity index is 1.81. The summed E-state index contributed by atoms with van der Waals surface area (Å²) in [6.07, 6.45) is -1.05. The predicted octanol–water partition coefficient (Wildman–Crippen LogP) is 2.83. The van der Waals surface area contributed by atoms with Gasteiger partial charge in [-0.15, -0.1) is 0 Å². The second-order valence-electron chi connectivity index (χ2n) is 7.96. The zero-order valence-electron chi connectivity index (χ0n) is 17.3. The van der Waals surface area contributed by atoms with Gasteiger partial charge in [0.25, 0.3) is 0 Å². The molecular formula is C23H29N3O3. The van der Waals surface area contributed by atoms with E-state index in [1.54, 1.807) is 18.9 Å². The number of carbonyl (C=O) groups is 2. The zero-order chi connectivity index (χ0) is 21.1. The zero-order valence-corrected chi connectivity index (χ0v) is 17.3. The number of hydrogen-bond donors (Lipinski definition) is 3. The fourth-order valence-corrected chi connectivity index (χ4v) is 3.53. The minimum Gasteiger partial charge on any atom is -0.383 e. The highest BCUT2D eigenvalue weighted by Gasteiger charge is 2.31. The summed E-state index contributed by atoms with van der Waals surface area (Å²) in [5, 5.41) is 14.3. The van der Waals surface area contributed by atoms with Crippen LogP contribution in [0.3, 0.4) is 0 Å². The van der Waals surface area contributed by atoms with Crippen molar-refractivity contribution < 1.29 is 14.7 Å². The molecule has 0 saturated carbocycles. The summed E-state index contributed by atoms with van der Waals surface area (Å²) >= 11 is 0. The van der Waals surface area contributed by atoms with E-state index in [1.165, 1.54) is 0 Å². The lowest BCUT2D eigenvalue weighted by Gasteiger charge is -2.27. The van der Waals surface area contributed by atoms with Gasteiger partial charge in [-0.2, -0.15) is 0 Å². The molecule has 1 heterocycles. The quantitative estimate of drug-likeness (QED) is 0.703. The molecule has 1 aliphatic rings. The monoisotopic (exact) mass is 395 g/mol. The number of rotatable bonds is 6. The molecule has 2 amide bonds. The van der Waals surface area contributed by atoms with E-state index < -0.39 is 12.0 Å². The van der Waals surface area contributed by atoms with Gasteiger partial charge in [-0.3, -0.25) is 9.59 Å². The van der Waals surface area contributed by atoms with Crippen LogP contribution in [0.15, 0.2) is 48.5 Å². The molecule has 2 aromatic carbocycles. The number of amides is 2. The Morgan fingerprint density at radius 2 is 1.69 bits per heavy atom. The summed E-state index contributed by atoms with van der Waals surface area (Å²) in [4.78, 5) is 25.3. The largest absolute Gasteiger partial charge is 0.383 e. The van der Waals surface area contributed by atoms with Gasteiger partial charge in [0.2, 0.25) is 11.8 Å². The second kappa shape index (κ2) is 8.76. The third-order valence-electron chi connectivity index (χ3n) is 5.30. The molecule has 2 unspecified atom stereocenters. The fourth-order valence-electron chi connectivity index (χ4n) is 3.53. The average Bonchev–Trinajstić information content (AvgIpc) is 2.80. The summed E-state index contributed by atoms with van der Waals surface area (Å²) in [5.41, 5.74) is 7.01. The number of anilines is 1. The van der Waals surface area contributed by atoms with Crippen molar-refractivity contribution in [2.75, 3.05) is 11.6 Å². The first-order valence-electron chi connectivity index (χ1n) is 10.1. The van der Waals surface area contributed by atoms with Gasteiger partial charge in [-0.1, -0.05) is 56.3 Å². The molecule has 3 N–H and O–H groups in total. The number of para-hydroxylation sites is 1. The first kappa shape index (κ1) is 21.0. The fraction of sp³-hybridized carbons (Fsp3) is 0.391. The lowest BCUT2D eigenvalue weighted by molar-refractivity contribution is -0.132. The molecule has 154 valence electrons. The van der Waals surface area contributed by atoms with Gasteiger partial charge in [-0.25, -0.2) is 10.4 Å². The molecule has 0 saturated heterocycles. The standard InChI is InChI=1S/C23H29N3O3/c1-14(2)21(27)22(28)25-15(3)13-24-26-20-12-8-7-11-19(20)18-10-6-5-9-17(18)16(4)23(26)29/h5-12,14-16,21,24,27H,13H2,1-4H3,(H,25,28)/t15?,16?,21-/m0/s1. The number of nitrogens with zero attached hydrogens (tertiary/aromatic N) is 1. The van der Waals surface area contributed by atoms with Crippen LogP contribution in [0.25, 0.3) is 11.1 Å². The molecule has 3 atom stereocenters. The van der Waals surface area contributed by atoms with E-state index in [4.69, 9.17) is 0 Å². The van der Waals surface area contributed by atoms with Crippen LogP contribution in [0, 0.1) is 5.92 Å². The Kier molecular flexibility index (Phi) is 6.35. The predicted molar refractivity (Wildman–Crippen MR) is 114 cm³/mol. The van der Waals surface area contributed by atoms with Gasteiger partial charge >= 0.3 is 0 Å². The maximum Gasteiger partial charge on any atom is 0.249 e. The minimum absolute atomic E-state index is 0.0526. The van der Waals surface area contributed by atoms with E-state index in [0.717, 1.165) is 22.4 Å². The molecule has 0 bridgehead atoms. The Hall–Kier alpha value is -2.70. The van der Waals surface area contributed by atoms with Gasteiger partial charge < -0.3 is 10.4 Å². The number of hydrazine groups is 1. The van der Waals surface area contributed by atoms with Gasteiger partial charge in [0.05, 0.1) is 11.6 Å². The van der Waals surface area contributed by atoms with E-state index >= 15 is 0 Å². The van der Waals surface area contributed by atoms with Crippen LogP contribution < -0.4 is 15.8 Å². The Morgan fingerprint density at radius 3 is 2.38 bits per heavy atom. The summed E-state index contributed by atoms with van der Waals surface area (Å²) in [6.45, 7) is 7.67. The van der Waals surface area contributed by atoms with Crippen molar-refractivity contribution in [1.29, 1.82) is 0 Å². The molecule has 0 radical (unpaired) electrons. The van der Waals surface area contributed by atoms with Crippen molar-refractivity contribution in [2.45, 2.75) is 45.8 Å². The van der Waals surface area contributed by atoms with Gasteiger partial charge in [0.1, 0.15) is 6.10 Å². The van der Waals surface area contributed by atoms with E-state index in [0.29, 0.717) is 6.54 Å². The molecule has 3 rings (SSSR count). The number of carbonyl (C=O) groups excluding carboxylic acids is 2. The van der Waals surface area contributed by atoms with Gasteiger partial charge in [0, 0.05) is 18.2 Å². The van der Waals surface area contributed by atoms with Crippen molar-refractivity contribution in [1.82, 2.24) is 10.7 Å². The maximum atomic E-state index is 13.2. The second-order valence-corrected chi connectivity index (χ2v) is 7.96. The van der Waals surface area contributed by atoms with Crippen LogP contribution in [-0.2, 0) is 9.59 Å². The number of hydrogen-bond acceptors (Lipinski definition) is 4. The first-order chi connectivity index (χ1) is 13.8. The number of aliphatic hydroxyl groups is 1. The SMILES string of the molecule is CC(CNN1C(=O)C(C)c2ccccc2-c2ccccc21)NC(=O)[C@@H](O)C(C)C. The van der Waals surface area contributed by atoms with Crippen LogP contribution in [0.2, 0.25) is 0 Å². The Labute approximate surface area is 171 Å². The maximum absolute atomic E-state index is 13.2. The van der Waals surface area contributed by atoms with Crippen molar-refractivity contribution in [2.24, 2.45) is 5.92 Å². The summed E-state index contributed by atoms with van der Waals surface area (Å²) in [6, 6.07) is 15.5. The van der Waals surface area contributed by atoms with E-state index in [1.807, 2.05) is 62.4 Å². The lowest BCUT2D eigenvalue weighted by Crippen LogP contribution is -2.52. The van der Waals surface area contributed by atoms with Crippen molar-refractivity contribution in [3.63, 3.8) is 0 Å². The summed E-state index contributed by atoms with van der Waals surface area (Å²) in [5.74, 6) is -0.923. The highest BCUT2D eigenvalue weighted by molar-refractivity contribution is 6.04. The van der Waals surface area contributed by atoms with Crippen LogP contribution in [0.4, 0.5) is 5.69 Å². The third kappa shape index (κ3) is 4.33. The number of aliphatic hydroxyl groups excluding tert-OH is 1. The van der Waals surface area contributed by atoms with E-state index in [2.05, 4.69) is 10.7 Å². The number of benzene rings is 2. The average molecular weight is 396 g/mol. The first-order valence-corrected chi connectivity index (χ1v) is 10.1. The molecular weight excluding hydrogens is 366 g/mol. The molecule has 0 spiro atoms. The minimum atomic E-state index is -1.05. The van der Waals surface area contributed by atoms with Gasteiger partial charge in [0.15, 0.2) is 0 Å². The molecule has 6 nitrogen and oxygen atoms in total. The number of fused-ring (bicyclic) bond motifs is 3. The lowest BCUT2D eigenvalue weighted by atomic mass is 9.92. The van der Waals surface area contributed by atoms with Crippen LogP contribution in [0.1, 0.15) is 39.2 Å². The topological polar surface area (TPSA) is 81.7 Å². The van der Waals surface area contributed by atoms with E-state index in [-0.39, 0.29) is 23.8 Å². The van der Waals surface area contributed by atoms with Crippen LogP contribution in [0.5, 0.6) is 0 Å². The third-order valence-corrected chi connectivity index (χ3v) is 5.30. The molecule has 0 aromatic heterocycles. The van der Waals surface area contributed by atoms with Gasteiger partial charge in [-0.05, 0) is 37.0 Å². The summed E-state index contributed by atoms with van der Waals surface area (Å²) < 4.78 is 0. The van der Waals surface area contributed by atoms with E-state index in [9.17, 15) is 14.7 Å². The summed E-state index contributed by atoms with van der Waals surface area (Å²) in [7, 11) is 0. The Bertz CT molecular complexity index is 896. The molecule has 0 fully saturated rings.